The van der Waals surface area contributed by atoms with Crippen LogP contribution in [0.2, 0.25) is 0 Å². The molecule has 2 heterocycles. The summed E-state index contributed by atoms with van der Waals surface area (Å²) in [5.74, 6) is -0.345. The number of carbonyl (C=O) groups excluding carboxylic acids is 2. The molecule has 6 nitrogen and oxygen atoms in total. The molecule has 1 aromatic heterocycles. The van der Waals surface area contributed by atoms with Crippen LogP contribution in [0.4, 0.5) is 15.0 Å². The Kier molecular flexibility index (Phi) is 4.49. The van der Waals surface area contributed by atoms with Gasteiger partial charge in [0.15, 0.2) is 0 Å². The van der Waals surface area contributed by atoms with Crippen LogP contribution in [0.15, 0.2) is 18.3 Å². The lowest BCUT2D eigenvalue weighted by atomic mass is 10.1. The van der Waals surface area contributed by atoms with Crippen LogP contribution in [-0.4, -0.2) is 41.0 Å². The van der Waals surface area contributed by atoms with Crippen molar-refractivity contribution in [1.82, 2.24) is 15.2 Å². The topological polar surface area (TPSA) is 74.3 Å². The number of nitrogens with one attached hydrogen (secondary N) is 2. The highest BCUT2D eigenvalue weighted by molar-refractivity contribution is 5.93. The van der Waals surface area contributed by atoms with Crippen molar-refractivity contribution in [2.24, 2.45) is 0 Å². The number of urea groups is 1. The minimum Gasteiger partial charge on any atom is -0.353 e. The number of aromatic nitrogens is 1. The van der Waals surface area contributed by atoms with Crippen LogP contribution in [0, 0.1) is 5.82 Å². The Hall–Kier alpha value is -2.18. The molecule has 0 radical (unpaired) electrons. The molecule has 1 aliphatic heterocycles. The van der Waals surface area contributed by atoms with Gasteiger partial charge in [-0.25, -0.2) is 14.2 Å². The van der Waals surface area contributed by atoms with Crippen LogP contribution >= 0.6 is 0 Å². The lowest BCUT2D eigenvalue weighted by molar-refractivity contribution is -0.127. The van der Waals surface area contributed by atoms with Crippen molar-refractivity contribution in [3.05, 3.63) is 24.1 Å². The molecule has 0 saturated carbocycles. The zero-order valence-electron chi connectivity index (χ0n) is 11.2. The molecule has 20 heavy (non-hydrogen) atoms. The molecule has 0 aliphatic carbocycles. The van der Waals surface area contributed by atoms with E-state index >= 15 is 0 Å². The molecule has 1 atom stereocenters. The fraction of sp³-hybridized carbons (Fsp3) is 0.462. The SMILES string of the molecule is CCCC1C(=O)NCCN1C(=O)Nc1ccc(F)cn1. The Labute approximate surface area is 116 Å². The van der Waals surface area contributed by atoms with Gasteiger partial charge in [0.1, 0.15) is 17.7 Å². The molecule has 108 valence electrons. The molecule has 0 spiro atoms. The number of halogens is 1. The number of hydrogen-bond donors (Lipinski definition) is 2. The molecular formula is C13H17FN4O2. The molecular weight excluding hydrogens is 263 g/mol. The number of anilines is 1. The predicted molar refractivity (Wildman–Crippen MR) is 71.6 cm³/mol. The summed E-state index contributed by atoms with van der Waals surface area (Å²) in [4.78, 5) is 29.2. The number of carbonyl (C=O) groups is 2. The van der Waals surface area contributed by atoms with E-state index in [1.165, 1.54) is 17.0 Å². The zero-order chi connectivity index (χ0) is 14.5. The summed E-state index contributed by atoms with van der Waals surface area (Å²) in [6, 6.07) is 1.74. The van der Waals surface area contributed by atoms with Gasteiger partial charge in [-0.1, -0.05) is 13.3 Å². The summed E-state index contributed by atoms with van der Waals surface area (Å²) >= 11 is 0. The first-order chi connectivity index (χ1) is 9.61. The maximum absolute atomic E-state index is 12.8. The molecule has 2 N–H and O–H groups in total. The normalized spacial score (nSPS) is 18.6. The Morgan fingerprint density at radius 2 is 2.40 bits per heavy atom. The molecule has 0 aromatic carbocycles. The zero-order valence-corrected chi connectivity index (χ0v) is 11.2. The third-order valence-electron chi connectivity index (χ3n) is 3.12. The number of pyridine rings is 1. The lowest BCUT2D eigenvalue weighted by Gasteiger charge is -2.34. The van der Waals surface area contributed by atoms with Crippen LogP contribution in [0.1, 0.15) is 19.8 Å². The van der Waals surface area contributed by atoms with Crippen molar-refractivity contribution in [1.29, 1.82) is 0 Å². The summed E-state index contributed by atoms with van der Waals surface area (Å²) in [7, 11) is 0. The summed E-state index contributed by atoms with van der Waals surface area (Å²) in [5, 5.41) is 5.32. The largest absolute Gasteiger partial charge is 0.353 e. The van der Waals surface area contributed by atoms with E-state index in [2.05, 4.69) is 15.6 Å². The fourth-order valence-corrected chi connectivity index (χ4v) is 2.15. The van der Waals surface area contributed by atoms with Gasteiger partial charge in [-0.3, -0.25) is 10.1 Å². The Balaban J connectivity index is 2.06. The average molecular weight is 280 g/mol. The maximum Gasteiger partial charge on any atom is 0.323 e. The molecule has 1 saturated heterocycles. The van der Waals surface area contributed by atoms with E-state index in [1.807, 2.05) is 6.92 Å². The van der Waals surface area contributed by atoms with Gasteiger partial charge >= 0.3 is 6.03 Å². The second-order valence-electron chi connectivity index (χ2n) is 4.58. The highest BCUT2D eigenvalue weighted by Gasteiger charge is 2.32. The van der Waals surface area contributed by atoms with Crippen molar-refractivity contribution in [3.8, 4) is 0 Å². The summed E-state index contributed by atoms with van der Waals surface area (Å²) in [6.07, 6.45) is 2.44. The van der Waals surface area contributed by atoms with Gasteiger partial charge in [-0.2, -0.15) is 0 Å². The van der Waals surface area contributed by atoms with Gasteiger partial charge in [-0.05, 0) is 18.6 Å². The second kappa shape index (κ2) is 6.31. The molecule has 3 amide bonds. The molecule has 1 fully saturated rings. The molecule has 0 bridgehead atoms. The third-order valence-corrected chi connectivity index (χ3v) is 3.12. The van der Waals surface area contributed by atoms with Gasteiger partial charge in [0.25, 0.3) is 0 Å². The van der Waals surface area contributed by atoms with E-state index in [4.69, 9.17) is 0 Å². The van der Waals surface area contributed by atoms with Gasteiger partial charge in [-0.15, -0.1) is 0 Å². The van der Waals surface area contributed by atoms with Gasteiger partial charge in [0, 0.05) is 13.1 Å². The standard InChI is InChI=1S/C13H17FN4O2/c1-2-3-10-12(19)15-6-7-18(10)13(20)17-11-5-4-9(14)8-16-11/h4-5,8,10H,2-3,6-7H2,1H3,(H,15,19)(H,16,17,20). The van der Waals surface area contributed by atoms with Crippen LogP contribution in [0.3, 0.4) is 0 Å². The smallest absolute Gasteiger partial charge is 0.323 e. The Morgan fingerprint density at radius 3 is 3.05 bits per heavy atom. The van der Waals surface area contributed by atoms with E-state index in [-0.39, 0.29) is 11.7 Å². The monoisotopic (exact) mass is 280 g/mol. The van der Waals surface area contributed by atoms with E-state index in [0.29, 0.717) is 19.5 Å². The average Bonchev–Trinajstić information content (AvgIpc) is 2.43. The summed E-state index contributed by atoms with van der Waals surface area (Å²) in [6.45, 7) is 2.84. The predicted octanol–water partition coefficient (Wildman–Crippen LogP) is 1.35. The van der Waals surface area contributed by atoms with E-state index in [0.717, 1.165) is 12.6 Å². The second-order valence-corrected chi connectivity index (χ2v) is 4.58. The molecule has 2 rings (SSSR count). The maximum atomic E-state index is 12.8. The highest BCUT2D eigenvalue weighted by atomic mass is 19.1. The first kappa shape index (κ1) is 14.2. The summed E-state index contributed by atoms with van der Waals surface area (Å²) < 4.78 is 12.8. The quantitative estimate of drug-likeness (QED) is 0.877. The van der Waals surface area contributed by atoms with Crippen molar-refractivity contribution in [2.75, 3.05) is 18.4 Å². The van der Waals surface area contributed by atoms with E-state index < -0.39 is 17.9 Å². The van der Waals surface area contributed by atoms with Crippen molar-refractivity contribution in [2.45, 2.75) is 25.8 Å². The number of hydrogen-bond acceptors (Lipinski definition) is 3. The number of rotatable bonds is 3. The van der Waals surface area contributed by atoms with Crippen molar-refractivity contribution in [3.63, 3.8) is 0 Å². The van der Waals surface area contributed by atoms with Crippen LogP contribution in [0.25, 0.3) is 0 Å². The Morgan fingerprint density at radius 1 is 1.60 bits per heavy atom. The van der Waals surface area contributed by atoms with Crippen LogP contribution in [-0.2, 0) is 4.79 Å². The van der Waals surface area contributed by atoms with Crippen molar-refractivity contribution < 1.29 is 14.0 Å². The molecule has 7 heteroatoms. The van der Waals surface area contributed by atoms with E-state index in [1.54, 1.807) is 0 Å². The van der Waals surface area contributed by atoms with Crippen molar-refractivity contribution >= 4 is 17.8 Å². The number of piperazine rings is 1. The summed E-state index contributed by atoms with van der Waals surface area (Å²) in [5.41, 5.74) is 0. The fourth-order valence-electron chi connectivity index (χ4n) is 2.15. The van der Waals surface area contributed by atoms with Crippen LogP contribution in [0.5, 0.6) is 0 Å². The third kappa shape index (κ3) is 3.23. The highest BCUT2D eigenvalue weighted by Crippen LogP contribution is 2.13. The Bertz CT molecular complexity index is 492. The molecule has 1 aromatic rings. The van der Waals surface area contributed by atoms with Gasteiger partial charge in [0.2, 0.25) is 5.91 Å². The number of nitrogens with zero attached hydrogens (tertiary/aromatic N) is 2. The minimum absolute atomic E-state index is 0.139. The van der Waals surface area contributed by atoms with Crippen LogP contribution < -0.4 is 10.6 Å². The van der Waals surface area contributed by atoms with Gasteiger partial charge in [0.05, 0.1) is 6.20 Å². The lowest BCUT2D eigenvalue weighted by Crippen LogP contribution is -2.58. The minimum atomic E-state index is -0.468. The van der Waals surface area contributed by atoms with Gasteiger partial charge < -0.3 is 10.2 Å². The molecule has 1 aliphatic rings. The number of amides is 3. The van der Waals surface area contributed by atoms with E-state index in [9.17, 15) is 14.0 Å². The first-order valence-corrected chi connectivity index (χ1v) is 6.58. The molecule has 1 unspecified atom stereocenters. The first-order valence-electron chi connectivity index (χ1n) is 6.58.